The number of pyridine rings is 1. The Morgan fingerprint density at radius 3 is 2.81 bits per heavy atom. The smallest absolute Gasteiger partial charge is 0.293 e. The van der Waals surface area contributed by atoms with Gasteiger partial charge in [-0.25, -0.2) is 0 Å². The molecular formula is C20H24N4O3. The van der Waals surface area contributed by atoms with Gasteiger partial charge in [-0.3, -0.25) is 19.9 Å². The van der Waals surface area contributed by atoms with Crippen molar-refractivity contribution in [3.8, 4) is 0 Å². The lowest BCUT2D eigenvalue weighted by Crippen LogP contribution is -2.42. The van der Waals surface area contributed by atoms with Crippen LogP contribution in [0.25, 0.3) is 0 Å². The van der Waals surface area contributed by atoms with Crippen molar-refractivity contribution in [2.24, 2.45) is 0 Å². The molecule has 1 aliphatic heterocycles. The van der Waals surface area contributed by atoms with Crippen LogP contribution in [0.5, 0.6) is 0 Å². The number of hydrogen-bond acceptors (Lipinski definition) is 5. The van der Waals surface area contributed by atoms with E-state index < -0.39 is 4.92 Å². The third-order valence-corrected chi connectivity index (χ3v) is 5.01. The third-order valence-electron chi connectivity index (χ3n) is 5.01. The summed E-state index contributed by atoms with van der Waals surface area (Å²) in [6.07, 6.45) is 4.73. The van der Waals surface area contributed by atoms with E-state index in [0.29, 0.717) is 17.8 Å². The molecule has 1 saturated heterocycles. The van der Waals surface area contributed by atoms with Crippen LogP contribution >= 0.6 is 0 Å². The number of likely N-dealkylation sites (tertiary alicyclic amines) is 1. The zero-order valence-corrected chi connectivity index (χ0v) is 15.6. The summed E-state index contributed by atoms with van der Waals surface area (Å²) in [5.74, 6) is -0.144. The number of carbonyl (C=O) groups excluding carboxylic acids is 1. The Kier molecular flexibility index (Phi) is 5.69. The summed E-state index contributed by atoms with van der Waals surface area (Å²) in [5, 5.41) is 14.7. The average Bonchev–Trinajstić information content (AvgIpc) is 2.68. The first-order chi connectivity index (χ1) is 13.0. The molecule has 1 aliphatic rings. The molecule has 0 radical (unpaired) electrons. The van der Waals surface area contributed by atoms with Crippen LogP contribution in [0.1, 0.15) is 55.2 Å². The Morgan fingerprint density at radius 1 is 1.33 bits per heavy atom. The standard InChI is InChI=1S/C20H24N4O3/c1-14-7-4-6-12-23(14)20(25)16-9-10-18(19(13-16)24(26)27)22-15(2)17-8-3-5-11-21-17/h3,5,8-11,13-15,22H,4,6-7,12H2,1-2H3. The molecule has 27 heavy (non-hydrogen) atoms. The third kappa shape index (κ3) is 4.24. The van der Waals surface area contributed by atoms with Gasteiger partial charge in [-0.1, -0.05) is 6.07 Å². The van der Waals surface area contributed by atoms with Gasteiger partial charge in [-0.15, -0.1) is 0 Å². The highest BCUT2D eigenvalue weighted by atomic mass is 16.6. The molecule has 1 aromatic heterocycles. The van der Waals surface area contributed by atoms with E-state index in [1.165, 1.54) is 6.07 Å². The Balaban J connectivity index is 1.84. The Hall–Kier alpha value is -2.96. The lowest BCUT2D eigenvalue weighted by Gasteiger charge is -2.33. The average molecular weight is 368 g/mol. The van der Waals surface area contributed by atoms with E-state index in [1.807, 2.05) is 36.9 Å². The van der Waals surface area contributed by atoms with Gasteiger partial charge >= 0.3 is 0 Å². The monoisotopic (exact) mass is 368 g/mol. The molecule has 2 unspecified atom stereocenters. The second kappa shape index (κ2) is 8.16. The van der Waals surface area contributed by atoms with E-state index in [0.717, 1.165) is 25.0 Å². The number of benzene rings is 1. The van der Waals surface area contributed by atoms with Crippen LogP contribution < -0.4 is 5.32 Å². The van der Waals surface area contributed by atoms with Gasteiger partial charge in [0.2, 0.25) is 0 Å². The molecule has 3 rings (SSSR count). The molecule has 0 aliphatic carbocycles. The largest absolute Gasteiger partial charge is 0.371 e. The molecule has 7 heteroatoms. The fourth-order valence-corrected chi connectivity index (χ4v) is 3.44. The number of nitro groups is 1. The topological polar surface area (TPSA) is 88.4 Å². The molecule has 0 saturated carbocycles. The molecule has 2 aromatic rings. The minimum absolute atomic E-state index is 0.103. The predicted octanol–water partition coefficient (Wildman–Crippen LogP) is 4.18. The summed E-state index contributed by atoms with van der Waals surface area (Å²) in [4.78, 5) is 30.0. The first-order valence-corrected chi connectivity index (χ1v) is 9.24. The quantitative estimate of drug-likeness (QED) is 0.632. The van der Waals surface area contributed by atoms with Crippen molar-refractivity contribution >= 4 is 17.3 Å². The van der Waals surface area contributed by atoms with Crippen LogP contribution in [-0.4, -0.2) is 33.3 Å². The van der Waals surface area contributed by atoms with Gasteiger partial charge in [-0.05, 0) is 57.4 Å². The van der Waals surface area contributed by atoms with Gasteiger partial charge < -0.3 is 10.2 Å². The van der Waals surface area contributed by atoms with Crippen molar-refractivity contribution in [3.63, 3.8) is 0 Å². The van der Waals surface area contributed by atoms with E-state index in [-0.39, 0.29) is 23.7 Å². The van der Waals surface area contributed by atoms with E-state index in [1.54, 1.807) is 18.3 Å². The summed E-state index contributed by atoms with van der Waals surface area (Å²) in [6, 6.07) is 10.2. The zero-order chi connectivity index (χ0) is 19.4. The maximum absolute atomic E-state index is 12.8. The van der Waals surface area contributed by atoms with Crippen molar-refractivity contribution < 1.29 is 9.72 Å². The minimum Gasteiger partial charge on any atom is -0.371 e. The molecule has 1 amide bonds. The maximum Gasteiger partial charge on any atom is 0.293 e. The number of aromatic nitrogens is 1. The van der Waals surface area contributed by atoms with Gasteiger partial charge in [0.05, 0.1) is 16.7 Å². The number of rotatable bonds is 5. The van der Waals surface area contributed by atoms with Gasteiger partial charge in [0.15, 0.2) is 0 Å². The lowest BCUT2D eigenvalue weighted by molar-refractivity contribution is -0.384. The highest BCUT2D eigenvalue weighted by Gasteiger charge is 2.26. The van der Waals surface area contributed by atoms with Crippen LogP contribution in [0.2, 0.25) is 0 Å². The van der Waals surface area contributed by atoms with Crippen LogP contribution in [0.15, 0.2) is 42.6 Å². The second-order valence-corrected chi connectivity index (χ2v) is 6.95. The molecule has 0 bridgehead atoms. The molecule has 142 valence electrons. The number of hydrogen-bond donors (Lipinski definition) is 1. The van der Waals surface area contributed by atoms with Gasteiger partial charge in [-0.2, -0.15) is 0 Å². The normalized spacial score (nSPS) is 18.0. The number of nitrogens with zero attached hydrogens (tertiary/aromatic N) is 3. The van der Waals surface area contributed by atoms with Crippen LogP contribution in [-0.2, 0) is 0 Å². The van der Waals surface area contributed by atoms with Crippen LogP contribution in [0.3, 0.4) is 0 Å². The predicted molar refractivity (Wildman–Crippen MR) is 104 cm³/mol. The van der Waals surface area contributed by atoms with Crippen molar-refractivity contribution in [3.05, 3.63) is 64.0 Å². The fourth-order valence-electron chi connectivity index (χ4n) is 3.44. The molecule has 1 fully saturated rings. The minimum atomic E-state index is -0.454. The van der Waals surface area contributed by atoms with Crippen molar-refractivity contribution in [2.75, 3.05) is 11.9 Å². The maximum atomic E-state index is 12.8. The van der Waals surface area contributed by atoms with E-state index in [2.05, 4.69) is 10.3 Å². The molecule has 1 aromatic carbocycles. The first kappa shape index (κ1) is 18.8. The number of nitro benzene ring substituents is 1. The number of nitrogens with one attached hydrogen (secondary N) is 1. The molecule has 0 spiro atoms. The summed E-state index contributed by atoms with van der Waals surface area (Å²) in [5.41, 5.74) is 1.41. The Morgan fingerprint density at radius 2 is 2.15 bits per heavy atom. The first-order valence-electron chi connectivity index (χ1n) is 9.24. The van der Waals surface area contributed by atoms with Crippen LogP contribution in [0, 0.1) is 10.1 Å². The van der Waals surface area contributed by atoms with Crippen molar-refractivity contribution in [1.29, 1.82) is 0 Å². The zero-order valence-electron chi connectivity index (χ0n) is 15.6. The fraction of sp³-hybridized carbons (Fsp3) is 0.400. The van der Waals surface area contributed by atoms with E-state index in [9.17, 15) is 14.9 Å². The Labute approximate surface area is 158 Å². The van der Waals surface area contributed by atoms with Gasteiger partial charge in [0, 0.05) is 30.4 Å². The Bertz CT molecular complexity index is 825. The summed E-state index contributed by atoms with van der Waals surface area (Å²) >= 11 is 0. The van der Waals surface area contributed by atoms with Crippen LogP contribution in [0.4, 0.5) is 11.4 Å². The number of amides is 1. The van der Waals surface area contributed by atoms with E-state index >= 15 is 0 Å². The van der Waals surface area contributed by atoms with Gasteiger partial charge in [0.25, 0.3) is 11.6 Å². The SMILES string of the molecule is CC(Nc1ccc(C(=O)N2CCCCC2C)cc1[N+](=O)[O-])c1ccccn1. The highest BCUT2D eigenvalue weighted by Crippen LogP contribution is 2.30. The number of anilines is 1. The van der Waals surface area contributed by atoms with Gasteiger partial charge in [0.1, 0.15) is 5.69 Å². The number of piperidine rings is 1. The molecular weight excluding hydrogens is 344 g/mol. The highest BCUT2D eigenvalue weighted by molar-refractivity contribution is 5.96. The molecule has 1 N–H and O–H groups in total. The van der Waals surface area contributed by atoms with Crippen molar-refractivity contribution in [1.82, 2.24) is 9.88 Å². The second-order valence-electron chi connectivity index (χ2n) is 6.95. The summed E-state index contributed by atoms with van der Waals surface area (Å²) in [7, 11) is 0. The summed E-state index contributed by atoms with van der Waals surface area (Å²) < 4.78 is 0. The molecule has 2 atom stereocenters. The molecule has 2 heterocycles. The van der Waals surface area contributed by atoms with Crippen molar-refractivity contribution in [2.45, 2.75) is 45.2 Å². The lowest BCUT2D eigenvalue weighted by atomic mass is 10.0. The summed E-state index contributed by atoms with van der Waals surface area (Å²) in [6.45, 7) is 4.61. The molecule has 7 nitrogen and oxygen atoms in total. The number of carbonyl (C=O) groups is 1. The van der Waals surface area contributed by atoms with E-state index in [4.69, 9.17) is 0 Å².